The minimum Gasteiger partial charge on any atom is -0.418 e. The zero-order chi connectivity index (χ0) is 23.4. The lowest BCUT2D eigenvalue weighted by atomic mass is 10.0. The second kappa shape index (κ2) is 10.3. The van der Waals surface area contributed by atoms with Gasteiger partial charge in [-0.25, -0.2) is 13.8 Å². The van der Waals surface area contributed by atoms with E-state index < -0.39 is 12.5 Å². The third kappa shape index (κ3) is 5.35. The van der Waals surface area contributed by atoms with E-state index in [9.17, 15) is 13.6 Å². The van der Waals surface area contributed by atoms with Gasteiger partial charge in [0.2, 0.25) is 5.76 Å². The number of oxazole rings is 1. The number of fused-ring (bicyclic) bond motifs is 1. The van der Waals surface area contributed by atoms with Gasteiger partial charge in [0.25, 0.3) is 18.3 Å². The number of rotatable bonds is 9. The molecule has 0 aliphatic carbocycles. The zero-order valence-corrected chi connectivity index (χ0v) is 19.1. The number of unbranched alkanes of at least 4 members (excludes halogenated alkanes) is 1. The third-order valence-corrected chi connectivity index (χ3v) is 6.36. The Bertz CT molecular complexity index is 1070. The SMILES string of the molecule is CCCCC(Cc1c[nH]c2ccccc12)NC(=O)c1cnc(N2CCN(C)C(C(F)F)C2)o1. The Labute approximate surface area is 192 Å². The molecule has 7 nitrogen and oxygen atoms in total. The van der Waals surface area contributed by atoms with Crippen LogP contribution in [0.25, 0.3) is 10.9 Å². The van der Waals surface area contributed by atoms with Crippen molar-refractivity contribution in [3.63, 3.8) is 0 Å². The van der Waals surface area contributed by atoms with Crippen LogP contribution in [0, 0.1) is 0 Å². The van der Waals surface area contributed by atoms with Crippen LogP contribution < -0.4 is 10.2 Å². The third-order valence-electron chi connectivity index (χ3n) is 6.36. The molecule has 1 aliphatic heterocycles. The van der Waals surface area contributed by atoms with Gasteiger partial charge in [-0.15, -0.1) is 0 Å². The van der Waals surface area contributed by atoms with Crippen LogP contribution in [0.5, 0.6) is 0 Å². The quantitative estimate of drug-likeness (QED) is 0.504. The molecule has 0 saturated carbocycles. The maximum atomic E-state index is 13.3. The first-order valence-electron chi connectivity index (χ1n) is 11.5. The molecule has 2 atom stereocenters. The highest BCUT2D eigenvalue weighted by Gasteiger charge is 2.33. The summed E-state index contributed by atoms with van der Waals surface area (Å²) in [5, 5.41) is 4.24. The number of hydrogen-bond acceptors (Lipinski definition) is 5. The number of hydrogen-bond donors (Lipinski definition) is 2. The van der Waals surface area contributed by atoms with Gasteiger partial charge in [0, 0.05) is 42.8 Å². The average Bonchev–Trinajstić information content (AvgIpc) is 3.45. The monoisotopic (exact) mass is 459 g/mol. The number of para-hydroxylation sites is 1. The van der Waals surface area contributed by atoms with Crippen LogP contribution in [-0.2, 0) is 6.42 Å². The van der Waals surface area contributed by atoms with Crippen molar-refractivity contribution in [2.75, 3.05) is 31.6 Å². The van der Waals surface area contributed by atoms with E-state index in [1.807, 2.05) is 24.4 Å². The Morgan fingerprint density at radius 1 is 1.33 bits per heavy atom. The van der Waals surface area contributed by atoms with Crippen molar-refractivity contribution in [2.24, 2.45) is 0 Å². The van der Waals surface area contributed by atoms with Crippen LogP contribution in [-0.4, -0.2) is 66.0 Å². The maximum Gasteiger partial charge on any atom is 0.298 e. The second-order valence-corrected chi connectivity index (χ2v) is 8.71. The highest BCUT2D eigenvalue weighted by Crippen LogP contribution is 2.23. The molecular formula is C24H31F2N5O2. The molecule has 2 unspecified atom stereocenters. The molecule has 33 heavy (non-hydrogen) atoms. The van der Waals surface area contributed by atoms with Crippen LogP contribution in [0.1, 0.15) is 42.3 Å². The minimum atomic E-state index is -2.46. The molecule has 2 N–H and O–H groups in total. The Hall–Kier alpha value is -2.94. The molecule has 1 fully saturated rings. The molecule has 1 aliphatic rings. The molecule has 0 radical (unpaired) electrons. The molecule has 0 bridgehead atoms. The number of nitrogens with one attached hydrogen (secondary N) is 2. The molecule has 1 aromatic carbocycles. The molecule has 178 valence electrons. The van der Waals surface area contributed by atoms with Gasteiger partial charge in [-0.2, -0.15) is 0 Å². The molecule has 3 heterocycles. The van der Waals surface area contributed by atoms with Crippen molar-refractivity contribution < 1.29 is 18.0 Å². The van der Waals surface area contributed by atoms with E-state index in [2.05, 4.69) is 28.3 Å². The summed E-state index contributed by atoms with van der Waals surface area (Å²) in [6, 6.07) is 7.36. The summed E-state index contributed by atoms with van der Waals surface area (Å²) < 4.78 is 32.3. The summed E-state index contributed by atoms with van der Waals surface area (Å²) in [7, 11) is 1.69. The van der Waals surface area contributed by atoms with E-state index in [1.165, 1.54) is 6.20 Å². The van der Waals surface area contributed by atoms with Crippen LogP contribution in [0.4, 0.5) is 14.8 Å². The number of likely N-dealkylation sites (N-methyl/N-ethyl adjacent to an activating group) is 1. The van der Waals surface area contributed by atoms with Crippen LogP contribution in [0.2, 0.25) is 0 Å². The van der Waals surface area contributed by atoms with Crippen LogP contribution in [0.15, 0.2) is 41.1 Å². The Kier molecular flexibility index (Phi) is 7.27. The molecule has 0 spiro atoms. The van der Waals surface area contributed by atoms with Gasteiger partial charge >= 0.3 is 0 Å². The lowest BCUT2D eigenvalue weighted by Crippen LogP contribution is -2.54. The smallest absolute Gasteiger partial charge is 0.298 e. The van der Waals surface area contributed by atoms with Gasteiger partial charge in [-0.1, -0.05) is 38.0 Å². The van der Waals surface area contributed by atoms with Gasteiger partial charge in [-0.3, -0.25) is 9.69 Å². The number of alkyl halides is 2. The van der Waals surface area contributed by atoms with Crippen LogP contribution in [0.3, 0.4) is 0 Å². The molecule has 1 saturated heterocycles. The lowest BCUT2D eigenvalue weighted by Gasteiger charge is -2.38. The van der Waals surface area contributed by atoms with Crippen molar-refractivity contribution in [1.82, 2.24) is 20.2 Å². The van der Waals surface area contributed by atoms with Crippen molar-refractivity contribution in [2.45, 2.75) is 51.1 Å². The van der Waals surface area contributed by atoms with E-state index in [1.54, 1.807) is 16.8 Å². The zero-order valence-electron chi connectivity index (χ0n) is 19.1. The van der Waals surface area contributed by atoms with E-state index >= 15 is 0 Å². The van der Waals surface area contributed by atoms with Gasteiger partial charge in [0.1, 0.15) is 0 Å². The largest absolute Gasteiger partial charge is 0.418 e. The molecular weight excluding hydrogens is 428 g/mol. The molecule has 4 rings (SSSR count). The summed E-state index contributed by atoms with van der Waals surface area (Å²) in [5.74, 6) is -0.243. The number of H-pyrrole nitrogens is 1. The summed E-state index contributed by atoms with van der Waals surface area (Å²) in [4.78, 5) is 23.7. The highest BCUT2D eigenvalue weighted by atomic mass is 19.3. The number of amides is 1. The molecule has 3 aromatic rings. The van der Waals surface area contributed by atoms with Crippen molar-refractivity contribution in [3.8, 4) is 0 Å². The Morgan fingerprint density at radius 3 is 2.94 bits per heavy atom. The summed E-state index contributed by atoms with van der Waals surface area (Å²) >= 11 is 0. The van der Waals surface area contributed by atoms with Crippen LogP contribution >= 0.6 is 0 Å². The fraction of sp³-hybridized carbons (Fsp3) is 0.500. The fourth-order valence-electron chi connectivity index (χ4n) is 4.36. The number of benzene rings is 1. The Balaban J connectivity index is 1.43. The fourth-order valence-corrected chi connectivity index (χ4v) is 4.36. The van der Waals surface area contributed by atoms with E-state index in [0.717, 1.165) is 35.7 Å². The summed E-state index contributed by atoms with van der Waals surface area (Å²) in [6.45, 7) is 3.22. The normalized spacial score (nSPS) is 18.2. The second-order valence-electron chi connectivity index (χ2n) is 8.71. The number of carbonyl (C=O) groups is 1. The van der Waals surface area contributed by atoms with E-state index in [-0.39, 0.29) is 30.3 Å². The minimum absolute atomic E-state index is 0.0583. The van der Waals surface area contributed by atoms with Gasteiger partial charge in [-0.05, 0) is 31.5 Å². The number of nitrogens with zero attached hydrogens (tertiary/aromatic N) is 3. The number of piperazine rings is 1. The van der Waals surface area contributed by atoms with E-state index in [4.69, 9.17) is 4.42 Å². The first kappa shape index (κ1) is 23.2. The highest BCUT2D eigenvalue weighted by molar-refractivity contribution is 5.91. The average molecular weight is 460 g/mol. The first-order valence-corrected chi connectivity index (χ1v) is 11.5. The maximum absolute atomic E-state index is 13.3. The Morgan fingerprint density at radius 2 is 2.15 bits per heavy atom. The number of halogens is 2. The lowest BCUT2D eigenvalue weighted by molar-refractivity contribution is 0.0316. The topological polar surface area (TPSA) is 77.4 Å². The van der Waals surface area contributed by atoms with Crippen molar-refractivity contribution >= 4 is 22.8 Å². The predicted octanol–water partition coefficient (Wildman–Crippen LogP) is 4.07. The number of aromatic amines is 1. The molecule has 2 aromatic heterocycles. The number of aromatic nitrogens is 2. The summed E-state index contributed by atoms with van der Waals surface area (Å²) in [5.41, 5.74) is 2.22. The van der Waals surface area contributed by atoms with Crippen molar-refractivity contribution in [3.05, 3.63) is 48.0 Å². The van der Waals surface area contributed by atoms with E-state index in [0.29, 0.717) is 19.5 Å². The van der Waals surface area contributed by atoms with Gasteiger partial charge in [0.15, 0.2) is 0 Å². The predicted molar refractivity (Wildman–Crippen MR) is 124 cm³/mol. The number of anilines is 1. The number of carbonyl (C=O) groups excluding carboxylic acids is 1. The molecule has 1 amide bonds. The van der Waals surface area contributed by atoms with Gasteiger partial charge in [0.05, 0.1) is 12.2 Å². The summed E-state index contributed by atoms with van der Waals surface area (Å²) in [6.07, 6.45) is 4.48. The molecule has 9 heteroatoms. The first-order chi connectivity index (χ1) is 16.0. The standard InChI is InChI=1S/C24H31F2N5O2/c1-3-4-7-17(12-16-13-27-19-9-6-5-8-18(16)19)29-23(32)21-14-28-24(33-21)31-11-10-30(2)20(15-31)22(25)26/h5-6,8-9,13-14,17,20,22,27H,3-4,7,10-12,15H2,1-2H3,(H,29,32). The van der Waals surface area contributed by atoms with Crippen molar-refractivity contribution in [1.29, 1.82) is 0 Å². The van der Waals surface area contributed by atoms with Gasteiger partial charge < -0.3 is 19.6 Å².